The van der Waals surface area contributed by atoms with Gasteiger partial charge in [-0.05, 0) is 25.0 Å². The van der Waals surface area contributed by atoms with Gasteiger partial charge in [0.1, 0.15) is 0 Å². The second-order valence-electron chi connectivity index (χ2n) is 8.03. The lowest BCUT2D eigenvalue weighted by Crippen LogP contribution is -2.44. The van der Waals surface area contributed by atoms with Gasteiger partial charge >= 0.3 is 5.69 Å². The van der Waals surface area contributed by atoms with Gasteiger partial charge in [0.05, 0.1) is 17.4 Å². The lowest BCUT2D eigenvalue weighted by atomic mass is 9.91. The molecule has 1 aromatic carbocycles. The van der Waals surface area contributed by atoms with Crippen LogP contribution in [0.4, 0.5) is 0 Å². The molecule has 0 bridgehead atoms. The number of carbonyl (C=O) groups is 1. The molecule has 5 nitrogen and oxygen atoms in total. The van der Waals surface area contributed by atoms with E-state index in [1.165, 1.54) is 9.13 Å². The van der Waals surface area contributed by atoms with Crippen LogP contribution in [0.25, 0.3) is 10.9 Å². The molecule has 1 saturated carbocycles. The fourth-order valence-electron chi connectivity index (χ4n) is 3.53. The Bertz CT molecular complexity index is 909. The number of hydrogen-bond donors (Lipinski definition) is 0. The van der Waals surface area contributed by atoms with Crippen molar-refractivity contribution in [3.8, 4) is 0 Å². The quantitative estimate of drug-likeness (QED) is 0.860. The summed E-state index contributed by atoms with van der Waals surface area (Å²) in [6.45, 7) is 5.54. The number of ketones is 1. The van der Waals surface area contributed by atoms with Gasteiger partial charge in [0.15, 0.2) is 5.78 Å². The normalized spacial score (nSPS) is 16.3. The van der Waals surface area contributed by atoms with Crippen LogP contribution in [-0.2, 0) is 11.3 Å². The lowest BCUT2D eigenvalue weighted by molar-refractivity contribution is -0.126. The Balaban J connectivity index is 2.22. The van der Waals surface area contributed by atoms with E-state index in [2.05, 4.69) is 0 Å². The summed E-state index contributed by atoms with van der Waals surface area (Å²) in [4.78, 5) is 38.6. The number of aromatic nitrogens is 2. The zero-order chi connectivity index (χ0) is 18.2. The number of hydrogen-bond acceptors (Lipinski definition) is 3. The van der Waals surface area contributed by atoms with E-state index in [4.69, 9.17) is 0 Å². The second-order valence-corrected chi connectivity index (χ2v) is 8.03. The van der Waals surface area contributed by atoms with Gasteiger partial charge in [0.25, 0.3) is 5.56 Å². The topological polar surface area (TPSA) is 61.1 Å². The van der Waals surface area contributed by atoms with E-state index in [0.717, 1.165) is 32.1 Å². The average Bonchev–Trinajstić information content (AvgIpc) is 2.58. The molecule has 1 aromatic heterocycles. The molecule has 0 radical (unpaired) electrons. The average molecular weight is 342 g/mol. The number of carbonyl (C=O) groups excluding carboxylic acids is 1. The Morgan fingerprint density at radius 2 is 1.72 bits per heavy atom. The summed E-state index contributed by atoms with van der Waals surface area (Å²) in [5, 5.41) is 0.509. The van der Waals surface area contributed by atoms with Gasteiger partial charge in [-0.3, -0.25) is 18.7 Å². The molecule has 0 saturated heterocycles. The fraction of sp³-hybridized carbons (Fsp3) is 0.550. The maximum atomic E-state index is 13.1. The highest BCUT2D eigenvalue weighted by Crippen LogP contribution is 2.26. The van der Waals surface area contributed by atoms with Gasteiger partial charge in [-0.2, -0.15) is 0 Å². The number of fused-ring (bicyclic) bond motifs is 1. The molecule has 0 amide bonds. The summed E-state index contributed by atoms with van der Waals surface area (Å²) in [6.07, 6.45) is 4.91. The van der Waals surface area contributed by atoms with Crippen LogP contribution < -0.4 is 11.2 Å². The van der Waals surface area contributed by atoms with Crippen molar-refractivity contribution in [3.63, 3.8) is 0 Å². The summed E-state index contributed by atoms with van der Waals surface area (Å²) < 4.78 is 2.89. The van der Waals surface area contributed by atoms with Crippen molar-refractivity contribution < 1.29 is 4.79 Å². The number of rotatable bonds is 3. The van der Waals surface area contributed by atoms with Gasteiger partial charge in [-0.25, -0.2) is 4.79 Å². The second kappa shape index (κ2) is 6.62. The minimum atomic E-state index is -0.535. The summed E-state index contributed by atoms with van der Waals surface area (Å²) >= 11 is 0. The third kappa shape index (κ3) is 3.32. The zero-order valence-corrected chi connectivity index (χ0v) is 15.2. The molecule has 0 aliphatic heterocycles. The summed E-state index contributed by atoms with van der Waals surface area (Å²) in [5.41, 5.74) is -0.575. The molecular formula is C20H26N2O3. The van der Waals surface area contributed by atoms with Gasteiger partial charge in [0.2, 0.25) is 0 Å². The van der Waals surface area contributed by atoms with Gasteiger partial charge in [0, 0.05) is 11.5 Å². The number of para-hydroxylation sites is 1. The first-order valence-corrected chi connectivity index (χ1v) is 9.08. The standard InChI is InChI=1S/C20H26N2O3/c1-20(2,3)17(23)13-21-16-12-8-7-11-15(16)18(24)22(19(21)25)14-9-5-4-6-10-14/h7-8,11-12,14H,4-6,9-10,13H2,1-3H3. The highest BCUT2D eigenvalue weighted by Gasteiger charge is 2.26. The Hall–Kier alpha value is -2.17. The zero-order valence-electron chi connectivity index (χ0n) is 15.2. The van der Waals surface area contributed by atoms with Crippen LogP contribution in [0.5, 0.6) is 0 Å². The molecule has 0 spiro atoms. The third-order valence-corrected chi connectivity index (χ3v) is 5.16. The smallest absolute Gasteiger partial charge is 0.297 e. The van der Waals surface area contributed by atoms with E-state index in [1.807, 2.05) is 20.8 Å². The third-order valence-electron chi connectivity index (χ3n) is 5.16. The molecule has 134 valence electrons. The molecule has 0 unspecified atom stereocenters. The minimum absolute atomic E-state index is 0.00412. The van der Waals surface area contributed by atoms with Crippen LogP contribution in [-0.4, -0.2) is 14.9 Å². The predicted octanol–water partition coefficient (Wildman–Crippen LogP) is 3.28. The van der Waals surface area contributed by atoms with Gasteiger partial charge in [-0.1, -0.05) is 52.2 Å². The van der Waals surface area contributed by atoms with Crippen LogP contribution >= 0.6 is 0 Å². The molecule has 1 aliphatic rings. The molecule has 25 heavy (non-hydrogen) atoms. The van der Waals surface area contributed by atoms with E-state index in [-0.39, 0.29) is 29.6 Å². The highest BCUT2D eigenvalue weighted by atomic mass is 16.2. The van der Waals surface area contributed by atoms with Crippen LogP contribution in [0.3, 0.4) is 0 Å². The first-order valence-electron chi connectivity index (χ1n) is 9.08. The van der Waals surface area contributed by atoms with Gasteiger partial charge < -0.3 is 0 Å². The Morgan fingerprint density at radius 1 is 1.08 bits per heavy atom. The number of nitrogens with zero attached hydrogens (tertiary/aromatic N) is 2. The molecule has 5 heteroatoms. The predicted molar refractivity (Wildman–Crippen MR) is 99.1 cm³/mol. The van der Waals surface area contributed by atoms with E-state index in [1.54, 1.807) is 24.3 Å². The fourth-order valence-corrected chi connectivity index (χ4v) is 3.53. The lowest BCUT2D eigenvalue weighted by Gasteiger charge is -2.25. The number of Topliss-reactive ketones (excluding diaryl/α,β-unsaturated/α-hetero) is 1. The van der Waals surface area contributed by atoms with Crippen LogP contribution in [0.1, 0.15) is 58.9 Å². The molecular weight excluding hydrogens is 316 g/mol. The monoisotopic (exact) mass is 342 g/mol. The van der Waals surface area contributed by atoms with Crippen LogP contribution in [0.2, 0.25) is 0 Å². The molecule has 2 aromatic rings. The van der Waals surface area contributed by atoms with E-state index in [9.17, 15) is 14.4 Å². The summed E-state index contributed by atoms with van der Waals surface area (Å²) in [6, 6.07) is 7.03. The molecule has 1 heterocycles. The van der Waals surface area contributed by atoms with Crippen molar-refractivity contribution in [2.24, 2.45) is 5.41 Å². The van der Waals surface area contributed by atoms with Crippen LogP contribution in [0.15, 0.2) is 33.9 Å². The first-order chi connectivity index (χ1) is 11.8. The highest BCUT2D eigenvalue weighted by molar-refractivity contribution is 5.85. The van der Waals surface area contributed by atoms with E-state index in [0.29, 0.717) is 10.9 Å². The van der Waals surface area contributed by atoms with Crippen molar-refractivity contribution in [2.45, 2.75) is 65.5 Å². The Kier molecular flexibility index (Phi) is 4.67. The van der Waals surface area contributed by atoms with Crippen molar-refractivity contribution >= 4 is 16.7 Å². The minimum Gasteiger partial charge on any atom is -0.297 e. The molecule has 1 fully saturated rings. The summed E-state index contributed by atoms with van der Waals surface area (Å²) in [5.74, 6) is -0.0198. The molecule has 0 N–H and O–H groups in total. The maximum Gasteiger partial charge on any atom is 0.332 e. The SMILES string of the molecule is CC(C)(C)C(=O)Cn1c(=O)n(C2CCCCC2)c(=O)c2ccccc21. The molecule has 1 aliphatic carbocycles. The summed E-state index contributed by atoms with van der Waals surface area (Å²) in [7, 11) is 0. The van der Waals surface area contributed by atoms with Crippen molar-refractivity contribution in [1.82, 2.24) is 9.13 Å². The Morgan fingerprint density at radius 3 is 2.36 bits per heavy atom. The largest absolute Gasteiger partial charge is 0.332 e. The van der Waals surface area contributed by atoms with Gasteiger partial charge in [-0.15, -0.1) is 0 Å². The Labute approximate surface area is 147 Å². The molecule has 0 atom stereocenters. The first kappa shape index (κ1) is 17.6. The van der Waals surface area contributed by atoms with Crippen molar-refractivity contribution in [2.75, 3.05) is 0 Å². The van der Waals surface area contributed by atoms with E-state index >= 15 is 0 Å². The van der Waals surface area contributed by atoms with Crippen LogP contribution in [0, 0.1) is 5.41 Å². The van der Waals surface area contributed by atoms with Crippen molar-refractivity contribution in [1.29, 1.82) is 0 Å². The van der Waals surface area contributed by atoms with Crippen molar-refractivity contribution in [3.05, 3.63) is 45.1 Å². The molecule has 3 rings (SSSR count). The van der Waals surface area contributed by atoms with E-state index < -0.39 is 5.41 Å². The number of benzene rings is 1. The maximum absolute atomic E-state index is 13.1.